The highest BCUT2D eigenvalue weighted by Gasteiger charge is 2.17. The fourth-order valence-electron chi connectivity index (χ4n) is 3.89. The summed E-state index contributed by atoms with van der Waals surface area (Å²) in [6.45, 7) is 10.7. The number of pyridine rings is 1. The zero-order valence-electron chi connectivity index (χ0n) is 16.8. The molecule has 3 aromatic rings. The molecule has 146 valence electrons. The predicted molar refractivity (Wildman–Crippen MR) is 116 cm³/mol. The highest BCUT2D eigenvalue weighted by atomic mass is 15.1. The largest absolute Gasteiger partial charge is 0.387 e. The summed E-state index contributed by atoms with van der Waals surface area (Å²) >= 11 is 0. The van der Waals surface area contributed by atoms with Crippen molar-refractivity contribution in [1.82, 2.24) is 19.6 Å². The fraction of sp³-hybridized carbons (Fsp3) is 0.348. The van der Waals surface area contributed by atoms with E-state index in [-0.39, 0.29) is 0 Å². The summed E-state index contributed by atoms with van der Waals surface area (Å²) in [5, 5.41) is 6.64. The first kappa shape index (κ1) is 18.6. The van der Waals surface area contributed by atoms with Gasteiger partial charge in [-0.25, -0.2) is 4.98 Å². The summed E-state index contributed by atoms with van der Waals surface area (Å²) in [5.41, 5.74) is 6.75. The summed E-state index contributed by atoms with van der Waals surface area (Å²) in [4.78, 5) is 7.23. The van der Waals surface area contributed by atoms with Crippen LogP contribution < -0.4 is 10.6 Å². The van der Waals surface area contributed by atoms with Crippen LogP contribution in [0.4, 0.5) is 5.69 Å². The van der Waals surface area contributed by atoms with Crippen LogP contribution >= 0.6 is 0 Å². The molecule has 0 aliphatic carbocycles. The van der Waals surface area contributed by atoms with Crippen LogP contribution in [0.2, 0.25) is 0 Å². The van der Waals surface area contributed by atoms with Gasteiger partial charge in [-0.1, -0.05) is 37.8 Å². The molecule has 1 atom stereocenters. The van der Waals surface area contributed by atoms with Gasteiger partial charge in [0.05, 0.1) is 11.4 Å². The number of hydrogen-bond acceptors (Lipinski definition) is 4. The Balaban J connectivity index is 1.31. The predicted octanol–water partition coefficient (Wildman–Crippen LogP) is 3.63. The molecule has 5 heteroatoms. The summed E-state index contributed by atoms with van der Waals surface area (Å²) < 4.78 is 2.03. The normalized spacial score (nSPS) is 15.2. The Morgan fingerprint density at radius 3 is 2.82 bits per heavy atom. The van der Waals surface area contributed by atoms with Crippen LogP contribution in [-0.2, 0) is 13.0 Å². The van der Waals surface area contributed by atoms with Crippen LogP contribution in [0.25, 0.3) is 11.3 Å². The van der Waals surface area contributed by atoms with Crippen LogP contribution in [0.1, 0.15) is 23.7 Å². The van der Waals surface area contributed by atoms with Gasteiger partial charge in [0, 0.05) is 45.6 Å². The first-order valence-corrected chi connectivity index (χ1v) is 10.0. The van der Waals surface area contributed by atoms with Crippen LogP contribution in [0.15, 0.2) is 55.4 Å². The van der Waals surface area contributed by atoms with Crippen molar-refractivity contribution >= 4 is 17.0 Å². The van der Waals surface area contributed by atoms with Crippen LogP contribution in [0.5, 0.6) is 0 Å². The van der Waals surface area contributed by atoms with Crippen molar-refractivity contribution in [3.63, 3.8) is 0 Å². The average Bonchev–Trinajstić information content (AvgIpc) is 3.15. The van der Waals surface area contributed by atoms with Gasteiger partial charge in [-0.15, -0.1) is 0 Å². The molecule has 0 spiro atoms. The van der Waals surface area contributed by atoms with Gasteiger partial charge in [-0.2, -0.15) is 0 Å². The monoisotopic (exact) mass is 375 g/mol. The van der Waals surface area contributed by atoms with E-state index in [9.17, 15) is 0 Å². The zero-order chi connectivity index (χ0) is 19.5. The second-order valence-corrected chi connectivity index (χ2v) is 7.78. The van der Waals surface area contributed by atoms with E-state index in [4.69, 9.17) is 0 Å². The number of rotatable bonds is 7. The van der Waals surface area contributed by atoms with Gasteiger partial charge in [0.25, 0.3) is 0 Å². The number of nitrogens with one attached hydrogen (secondary N) is 2. The number of benzene rings is 1. The van der Waals surface area contributed by atoms with Gasteiger partial charge < -0.3 is 15.0 Å². The summed E-state index contributed by atoms with van der Waals surface area (Å²) in [5.74, 6) is 0.537. The van der Waals surface area contributed by atoms with Crippen molar-refractivity contribution < 1.29 is 0 Å². The van der Waals surface area contributed by atoms with Crippen LogP contribution in [0, 0.1) is 5.92 Å². The lowest BCUT2D eigenvalue weighted by Crippen LogP contribution is -2.36. The maximum absolute atomic E-state index is 4.67. The van der Waals surface area contributed by atoms with E-state index in [1.807, 2.05) is 36.0 Å². The van der Waals surface area contributed by atoms with Gasteiger partial charge in [0.15, 0.2) is 0 Å². The average molecular weight is 376 g/mol. The van der Waals surface area contributed by atoms with E-state index in [2.05, 4.69) is 58.3 Å². The molecule has 0 bridgehead atoms. The van der Waals surface area contributed by atoms with E-state index >= 15 is 0 Å². The molecule has 28 heavy (non-hydrogen) atoms. The second kappa shape index (κ2) is 8.07. The third-order valence-corrected chi connectivity index (χ3v) is 5.49. The van der Waals surface area contributed by atoms with Crippen molar-refractivity contribution in [2.24, 2.45) is 5.92 Å². The maximum Gasteiger partial charge on any atom is 0.137 e. The Hall–Kier alpha value is -2.79. The van der Waals surface area contributed by atoms with E-state index < -0.39 is 0 Å². The molecule has 1 aliphatic heterocycles. The second-order valence-electron chi connectivity index (χ2n) is 7.78. The molecular formula is C23H29N5. The van der Waals surface area contributed by atoms with Crippen molar-refractivity contribution in [2.75, 3.05) is 32.0 Å². The van der Waals surface area contributed by atoms with E-state index in [0.717, 1.165) is 55.3 Å². The molecule has 1 unspecified atom stereocenters. The number of imidazole rings is 1. The number of fused-ring (bicyclic) bond motifs is 2. The SMILES string of the molecule is C=C(NCC(C)CN1CCc2ccccc2C1)c1cn2cc(NC)ccc2n1. The number of nitrogens with zero attached hydrogens (tertiary/aromatic N) is 3. The fourth-order valence-corrected chi connectivity index (χ4v) is 3.89. The number of hydrogen-bond donors (Lipinski definition) is 2. The standard InChI is InChI=1S/C23H29N5/c1-17(13-27-11-10-19-6-4-5-7-20(19)14-27)12-25-18(2)22-16-28-15-21(24-3)8-9-23(28)26-22/h4-9,15-17,24-25H,2,10-14H2,1,3H3. The number of aromatic nitrogens is 2. The molecule has 1 aromatic carbocycles. The van der Waals surface area contributed by atoms with Gasteiger partial charge in [-0.3, -0.25) is 4.90 Å². The molecule has 2 N–H and O–H groups in total. The molecule has 0 fully saturated rings. The first-order valence-electron chi connectivity index (χ1n) is 10.0. The minimum absolute atomic E-state index is 0.537. The summed E-state index contributed by atoms with van der Waals surface area (Å²) in [7, 11) is 1.92. The van der Waals surface area contributed by atoms with E-state index in [1.54, 1.807) is 0 Å². The molecular weight excluding hydrogens is 346 g/mol. The molecule has 3 heterocycles. The van der Waals surface area contributed by atoms with Crippen molar-refractivity contribution in [2.45, 2.75) is 19.9 Å². The molecule has 0 amide bonds. The summed E-state index contributed by atoms with van der Waals surface area (Å²) in [6, 6.07) is 12.9. The first-order chi connectivity index (χ1) is 13.6. The van der Waals surface area contributed by atoms with Crippen LogP contribution in [-0.4, -0.2) is 41.0 Å². The topological polar surface area (TPSA) is 44.6 Å². The minimum atomic E-state index is 0.537. The molecule has 1 aliphatic rings. The maximum atomic E-state index is 4.67. The molecule has 4 rings (SSSR count). The molecule has 0 saturated heterocycles. The van der Waals surface area contributed by atoms with Crippen LogP contribution in [0.3, 0.4) is 0 Å². The molecule has 5 nitrogen and oxygen atoms in total. The number of anilines is 1. The quantitative estimate of drug-likeness (QED) is 0.662. The Bertz CT molecular complexity index is 974. The van der Waals surface area contributed by atoms with Crippen molar-refractivity contribution in [1.29, 1.82) is 0 Å². The smallest absolute Gasteiger partial charge is 0.137 e. The van der Waals surface area contributed by atoms with Gasteiger partial charge in [0.1, 0.15) is 11.3 Å². The Morgan fingerprint density at radius 2 is 2.00 bits per heavy atom. The van der Waals surface area contributed by atoms with E-state index in [1.165, 1.54) is 11.1 Å². The highest BCUT2D eigenvalue weighted by molar-refractivity contribution is 5.62. The molecule has 2 aromatic heterocycles. The Kier molecular flexibility index (Phi) is 5.35. The summed E-state index contributed by atoms with van der Waals surface area (Å²) in [6.07, 6.45) is 5.21. The van der Waals surface area contributed by atoms with Crippen molar-refractivity contribution in [3.8, 4) is 0 Å². The lowest BCUT2D eigenvalue weighted by atomic mass is 9.99. The third kappa shape index (κ3) is 4.04. The van der Waals surface area contributed by atoms with Gasteiger partial charge >= 0.3 is 0 Å². The minimum Gasteiger partial charge on any atom is -0.387 e. The van der Waals surface area contributed by atoms with Crippen molar-refractivity contribution in [3.05, 3.63) is 72.2 Å². The van der Waals surface area contributed by atoms with Gasteiger partial charge in [-0.05, 0) is 35.6 Å². The van der Waals surface area contributed by atoms with Gasteiger partial charge in [0.2, 0.25) is 0 Å². The Morgan fingerprint density at radius 1 is 1.18 bits per heavy atom. The zero-order valence-corrected chi connectivity index (χ0v) is 16.8. The highest BCUT2D eigenvalue weighted by Crippen LogP contribution is 2.19. The molecule has 0 radical (unpaired) electrons. The Labute approximate surface area is 167 Å². The molecule has 0 saturated carbocycles. The van der Waals surface area contributed by atoms with E-state index in [0.29, 0.717) is 5.92 Å². The lowest BCUT2D eigenvalue weighted by molar-refractivity contribution is 0.220. The lowest BCUT2D eigenvalue weighted by Gasteiger charge is -2.31. The third-order valence-electron chi connectivity index (χ3n) is 5.49.